The lowest BCUT2D eigenvalue weighted by molar-refractivity contribution is -0.384. The van der Waals surface area contributed by atoms with Crippen LogP contribution in [0.2, 0.25) is 0 Å². The monoisotopic (exact) mass is 304 g/mol. The maximum Gasteiger partial charge on any atom is 0.337 e. The number of methoxy groups -OCH3 is 1. The van der Waals surface area contributed by atoms with Gasteiger partial charge in [-0.05, 0) is 19.1 Å². The van der Waals surface area contributed by atoms with Gasteiger partial charge in [0.25, 0.3) is 5.69 Å². The smallest absolute Gasteiger partial charge is 0.337 e. The fourth-order valence-corrected chi connectivity index (χ4v) is 1.98. The summed E-state index contributed by atoms with van der Waals surface area (Å²) in [5.74, 6) is 0.295. The maximum absolute atomic E-state index is 11.5. The topological polar surface area (TPSA) is 99.3 Å². The number of benzene rings is 1. The van der Waals surface area contributed by atoms with E-state index in [1.54, 1.807) is 6.20 Å². The Balaban J connectivity index is 2.29. The van der Waals surface area contributed by atoms with Gasteiger partial charge in [0.15, 0.2) is 0 Å². The van der Waals surface area contributed by atoms with Gasteiger partial charge in [0.1, 0.15) is 11.5 Å². The van der Waals surface area contributed by atoms with Crippen molar-refractivity contribution in [3.63, 3.8) is 0 Å². The third-order valence-electron chi connectivity index (χ3n) is 3.39. The van der Waals surface area contributed by atoms with Crippen molar-refractivity contribution in [2.45, 2.75) is 13.5 Å². The molecule has 0 radical (unpaired) electrons. The minimum atomic E-state index is -0.547. The highest BCUT2D eigenvalue weighted by Gasteiger charge is 2.17. The Morgan fingerprint density at radius 2 is 2.23 bits per heavy atom. The molecule has 1 heterocycles. The van der Waals surface area contributed by atoms with Crippen molar-refractivity contribution in [1.29, 1.82) is 0 Å². The molecule has 0 fully saturated rings. The molecule has 2 aromatic rings. The summed E-state index contributed by atoms with van der Waals surface area (Å²) in [4.78, 5) is 26.3. The van der Waals surface area contributed by atoms with Gasteiger partial charge in [0.2, 0.25) is 0 Å². The zero-order valence-electron chi connectivity index (χ0n) is 12.5. The van der Waals surface area contributed by atoms with Gasteiger partial charge in [0, 0.05) is 13.1 Å². The highest BCUT2D eigenvalue weighted by Crippen LogP contribution is 2.26. The molecule has 0 bridgehead atoms. The van der Waals surface area contributed by atoms with Crippen LogP contribution in [0.25, 0.3) is 0 Å². The van der Waals surface area contributed by atoms with E-state index >= 15 is 0 Å². The number of anilines is 1. The van der Waals surface area contributed by atoms with Crippen LogP contribution >= 0.6 is 0 Å². The Hall–Kier alpha value is -2.90. The lowest BCUT2D eigenvalue weighted by Crippen LogP contribution is -2.08. The number of nitrogens with one attached hydrogen (secondary N) is 1. The summed E-state index contributed by atoms with van der Waals surface area (Å²) < 4.78 is 6.50. The van der Waals surface area contributed by atoms with E-state index < -0.39 is 10.9 Å². The van der Waals surface area contributed by atoms with E-state index in [0.29, 0.717) is 6.54 Å². The van der Waals surface area contributed by atoms with Crippen LogP contribution in [0.3, 0.4) is 0 Å². The molecule has 0 unspecified atom stereocenters. The molecule has 1 N–H and O–H groups in total. The van der Waals surface area contributed by atoms with Gasteiger partial charge in [-0.2, -0.15) is 0 Å². The van der Waals surface area contributed by atoms with Gasteiger partial charge in [-0.25, -0.2) is 9.78 Å². The van der Waals surface area contributed by atoms with E-state index in [0.717, 1.165) is 11.5 Å². The quantitative estimate of drug-likeness (QED) is 0.515. The average molecular weight is 304 g/mol. The maximum atomic E-state index is 11.5. The fraction of sp³-hybridized carbons (Fsp3) is 0.286. The van der Waals surface area contributed by atoms with Gasteiger partial charge >= 0.3 is 5.97 Å². The molecule has 0 atom stereocenters. The van der Waals surface area contributed by atoms with E-state index in [1.807, 2.05) is 18.5 Å². The van der Waals surface area contributed by atoms with Crippen LogP contribution in [0, 0.1) is 17.0 Å². The summed E-state index contributed by atoms with van der Waals surface area (Å²) in [6.07, 6.45) is 1.69. The molecule has 0 spiro atoms. The number of hydrogen-bond acceptors (Lipinski definition) is 6. The van der Waals surface area contributed by atoms with Gasteiger partial charge < -0.3 is 14.6 Å². The highest BCUT2D eigenvalue weighted by molar-refractivity contribution is 5.91. The molecule has 22 heavy (non-hydrogen) atoms. The molecular formula is C14H16N4O4. The van der Waals surface area contributed by atoms with Crippen molar-refractivity contribution in [2.75, 3.05) is 12.4 Å². The lowest BCUT2D eigenvalue weighted by Gasteiger charge is -2.09. The van der Waals surface area contributed by atoms with Crippen molar-refractivity contribution in [2.24, 2.45) is 7.05 Å². The predicted molar refractivity (Wildman–Crippen MR) is 79.7 cm³/mol. The zero-order chi connectivity index (χ0) is 16.3. The molecule has 0 aliphatic rings. The van der Waals surface area contributed by atoms with E-state index in [4.69, 9.17) is 0 Å². The second-order valence-corrected chi connectivity index (χ2v) is 4.69. The second kappa shape index (κ2) is 6.25. The third-order valence-corrected chi connectivity index (χ3v) is 3.39. The van der Waals surface area contributed by atoms with E-state index in [2.05, 4.69) is 15.0 Å². The average Bonchev–Trinajstić information content (AvgIpc) is 2.83. The molecule has 0 saturated carbocycles. The normalized spacial score (nSPS) is 10.3. The van der Waals surface area contributed by atoms with Gasteiger partial charge in [-0.3, -0.25) is 10.1 Å². The van der Waals surface area contributed by atoms with Crippen LogP contribution in [0.5, 0.6) is 0 Å². The number of imidazole rings is 1. The first-order valence-electron chi connectivity index (χ1n) is 6.52. The molecule has 0 amide bonds. The largest absolute Gasteiger partial charge is 0.465 e. The van der Waals surface area contributed by atoms with E-state index in [-0.39, 0.29) is 16.9 Å². The Morgan fingerprint density at radius 1 is 1.50 bits per heavy atom. The summed E-state index contributed by atoms with van der Waals surface area (Å²) in [5.41, 5.74) is 1.27. The molecule has 1 aromatic heterocycles. The van der Waals surface area contributed by atoms with Crippen molar-refractivity contribution >= 4 is 17.3 Å². The molecule has 0 aliphatic heterocycles. The first-order chi connectivity index (χ1) is 10.4. The number of rotatable bonds is 5. The Morgan fingerprint density at radius 3 is 2.77 bits per heavy atom. The van der Waals surface area contributed by atoms with Crippen LogP contribution < -0.4 is 5.32 Å². The minimum Gasteiger partial charge on any atom is -0.465 e. The Labute approximate surface area is 126 Å². The van der Waals surface area contributed by atoms with E-state index in [9.17, 15) is 14.9 Å². The lowest BCUT2D eigenvalue weighted by atomic mass is 10.1. The molecule has 0 aliphatic carbocycles. The second-order valence-electron chi connectivity index (χ2n) is 4.69. The number of ether oxygens (including phenoxy) is 1. The predicted octanol–water partition coefficient (Wildman–Crippen LogP) is 2.04. The van der Waals surface area contributed by atoms with Gasteiger partial charge in [-0.15, -0.1) is 0 Å². The number of nitrogens with zero attached hydrogens (tertiary/aromatic N) is 3. The first-order valence-corrected chi connectivity index (χ1v) is 6.52. The van der Waals surface area contributed by atoms with Crippen LogP contribution in [0.15, 0.2) is 24.4 Å². The van der Waals surface area contributed by atoms with Gasteiger partial charge in [0.05, 0.1) is 36.0 Å². The Kier molecular flexibility index (Phi) is 4.40. The minimum absolute atomic E-state index is 0.105. The van der Waals surface area contributed by atoms with Crippen LogP contribution in [-0.2, 0) is 18.3 Å². The number of nitro benzene ring substituents is 1. The number of hydrogen-bond donors (Lipinski definition) is 1. The van der Waals surface area contributed by atoms with E-state index in [1.165, 1.54) is 25.3 Å². The molecule has 2 rings (SSSR count). The first kappa shape index (κ1) is 15.5. The SMILES string of the molecule is COC(=O)c1ccc([N+](=O)[O-])c(NCc2cnc(C)n2C)c1. The van der Waals surface area contributed by atoms with Crippen LogP contribution in [0.4, 0.5) is 11.4 Å². The van der Waals surface area contributed by atoms with Crippen molar-refractivity contribution in [1.82, 2.24) is 9.55 Å². The fourth-order valence-electron chi connectivity index (χ4n) is 1.98. The van der Waals surface area contributed by atoms with Crippen LogP contribution in [0.1, 0.15) is 21.9 Å². The molecule has 8 heteroatoms. The number of nitro groups is 1. The highest BCUT2D eigenvalue weighted by atomic mass is 16.6. The molecule has 116 valence electrons. The number of esters is 1. The van der Waals surface area contributed by atoms with Crippen LogP contribution in [-0.4, -0.2) is 27.6 Å². The summed E-state index contributed by atoms with van der Waals surface area (Å²) in [5, 5.41) is 14.1. The molecule has 1 aromatic carbocycles. The summed E-state index contributed by atoms with van der Waals surface area (Å²) in [6.45, 7) is 2.21. The third kappa shape index (κ3) is 3.05. The summed E-state index contributed by atoms with van der Waals surface area (Å²) in [7, 11) is 3.12. The standard InChI is InChI=1S/C14H16N4O4/c1-9-15-7-11(17(9)2)8-16-12-6-10(14(19)22-3)4-5-13(12)18(20)21/h4-7,16H,8H2,1-3H3. The van der Waals surface area contributed by atoms with Crippen molar-refractivity contribution < 1.29 is 14.5 Å². The summed E-state index contributed by atoms with van der Waals surface area (Å²) >= 11 is 0. The van der Waals surface area contributed by atoms with Gasteiger partial charge in [-0.1, -0.05) is 0 Å². The molecule has 8 nitrogen and oxygen atoms in total. The number of carbonyl (C=O) groups is 1. The number of aryl methyl sites for hydroxylation is 1. The van der Waals surface area contributed by atoms with Crippen molar-refractivity contribution in [3.05, 3.63) is 51.6 Å². The number of carbonyl (C=O) groups excluding carboxylic acids is 1. The molecule has 0 saturated heterocycles. The Bertz CT molecular complexity index is 724. The molecular weight excluding hydrogens is 288 g/mol. The summed E-state index contributed by atoms with van der Waals surface area (Å²) in [6, 6.07) is 4.06. The zero-order valence-corrected chi connectivity index (χ0v) is 12.5. The number of aromatic nitrogens is 2. The van der Waals surface area contributed by atoms with Crippen molar-refractivity contribution in [3.8, 4) is 0 Å².